The molecule has 0 N–H and O–H groups in total. The van der Waals surface area contributed by atoms with E-state index in [1.807, 2.05) is 79.7 Å². The molecule has 11 rings (SSSR count). The second kappa shape index (κ2) is 38.0. The molecule has 0 spiro atoms. The number of hydrogen-bond acceptors (Lipinski definition) is 21. The SMILES string of the molecule is C.CC([O-])=CC(=O)c1cccs1.CC([O-])=CC(=O)c1cccs1.CCN(CC)c1ccc(-c2nc(-n3nc(C)cc3C)nc(-n3nc(C)cc3C)n2)cc1.CCN(CC)c1ccc(-c2nc(-n3nc(C)cc3C)nc(-n3nc(C)cc3C)n2)cc1.O=C(C=C([O-])C(F)(F)F)c1cccs1.[Eu+3]. The largest absolute Gasteiger partial charge is 3.00 e. The Hall–Kier alpha value is -9.00. The first-order chi connectivity index (χ1) is 46.6. The van der Waals surface area contributed by atoms with Crippen LogP contribution in [0.25, 0.3) is 46.6 Å². The predicted molar refractivity (Wildman–Crippen MR) is 378 cm³/mol. The number of carbonyl (C=O) groups excluding carboxylic acids is 3. The minimum atomic E-state index is -4.98. The smallest absolute Gasteiger partial charge is 0.876 e. The number of allylic oxidation sites excluding steroid dienone is 6. The van der Waals surface area contributed by atoms with Crippen molar-refractivity contribution in [3.63, 3.8) is 0 Å². The first-order valence-electron chi connectivity index (χ1n) is 30.9. The van der Waals surface area contributed by atoms with Crippen molar-refractivity contribution in [3.05, 3.63) is 221 Å². The summed E-state index contributed by atoms with van der Waals surface area (Å²) in [4.78, 5) is 67.4. The fourth-order valence-corrected chi connectivity index (χ4v) is 11.4. The van der Waals surface area contributed by atoms with Crippen LogP contribution in [0, 0.1) is 105 Å². The number of benzene rings is 2. The molecule has 0 unspecified atom stereocenters. The predicted octanol–water partition coefficient (Wildman–Crippen LogP) is 12.7. The summed E-state index contributed by atoms with van der Waals surface area (Å²) in [7, 11) is 0. The molecule has 0 atom stereocenters. The van der Waals surface area contributed by atoms with E-state index in [9.17, 15) is 42.9 Å². The Morgan fingerprint density at radius 1 is 0.440 bits per heavy atom. The first-order valence-corrected chi connectivity index (χ1v) is 33.5. The van der Waals surface area contributed by atoms with Crippen molar-refractivity contribution in [2.45, 2.75) is 111 Å². The van der Waals surface area contributed by atoms with Crippen molar-refractivity contribution in [1.29, 1.82) is 0 Å². The van der Waals surface area contributed by atoms with Crippen LogP contribution in [0.15, 0.2) is 161 Å². The number of ketones is 3. The summed E-state index contributed by atoms with van der Waals surface area (Å²) in [6.07, 6.45) is -2.71. The van der Waals surface area contributed by atoms with Gasteiger partial charge in [0.15, 0.2) is 29.0 Å². The van der Waals surface area contributed by atoms with Crippen molar-refractivity contribution in [1.82, 2.24) is 69.0 Å². The van der Waals surface area contributed by atoms with Crippen LogP contribution < -0.4 is 25.1 Å². The molecule has 524 valence electrons. The van der Waals surface area contributed by atoms with Gasteiger partial charge in [-0.3, -0.25) is 14.4 Å². The maximum atomic E-state index is 11.7. The van der Waals surface area contributed by atoms with Crippen LogP contribution in [-0.4, -0.2) is 119 Å². The standard InChI is InChI=1S/2C23H28N8.C8H5F3O2S.2C8H8O2S.CH4.Eu/c2*1-7-29(8-2)20-11-9-19(10-12-20)21-24-22(30-17(5)13-15(3)27-30)26-23(25-21)31-18(6)14-16(4)28-31;9-8(10,11)7(13)4-5(12)6-2-1-3-14-6;2*1-6(9)5-7(10)8-3-2-4-11-8;;/h2*9-14H,7-8H2,1-6H3;1-4,13H;2*2-5,9H,1H3;1H4;/q;;;;;;+3/p-3. The van der Waals surface area contributed by atoms with Gasteiger partial charge in [-0.05, 0) is 214 Å². The van der Waals surface area contributed by atoms with Crippen molar-refractivity contribution in [2.75, 3.05) is 36.0 Å². The molecule has 0 amide bonds. The van der Waals surface area contributed by atoms with Crippen LogP contribution in [0.3, 0.4) is 0 Å². The molecular weight excluding hydrogens is 1480 g/mol. The maximum absolute atomic E-state index is 11.7. The summed E-state index contributed by atoms with van der Waals surface area (Å²) in [5.74, 6) is -0.767. The third-order valence-corrected chi connectivity index (χ3v) is 16.7. The fourth-order valence-electron chi connectivity index (χ4n) is 9.53. The normalized spacial score (nSPS) is 11.3. The number of nitrogens with zero attached hydrogens (tertiary/aromatic N) is 16. The summed E-state index contributed by atoms with van der Waals surface area (Å²) >= 11 is 3.66. The Balaban J connectivity index is 0.000000242. The van der Waals surface area contributed by atoms with Gasteiger partial charge in [-0.25, -0.2) is 18.7 Å². The molecule has 2 aromatic carbocycles. The molecular formula is C71H78EuF3N16O6S3. The van der Waals surface area contributed by atoms with Gasteiger partial charge < -0.3 is 25.1 Å². The number of halogens is 3. The number of hydrogen-bond donors (Lipinski definition) is 0. The van der Waals surface area contributed by atoms with Gasteiger partial charge >= 0.3 is 55.6 Å². The van der Waals surface area contributed by atoms with Gasteiger partial charge in [-0.1, -0.05) is 39.5 Å². The molecule has 0 saturated heterocycles. The van der Waals surface area contributed by atoms with Crippen molar-refractivity contribution < 1.29 is 92.3 Å². The molecule has 0 aliphatic carbocycles. The molecule has 9 heterocycles. The van der Waals surface area contributed by atoms with E-state index in [2.05, 4.69) is 106 Å². The van der Waals surface area contributed by atoms with E-state index in [-0.39, 0.29) is 90.8 Å². The zero-order valence-electron chi connectivity index (χ0n) is 57.0. The second-order valence-corrected chi connectivity index (χ2v) is 24.7. The Bertz CT molecular complexity index is 4160. The van der Waals surface area contributed by atoms with Crippen molar-refractivity contribution >= 4 is 62.7 Å². The molecule has 100 heavy (non-hydrogen) atoms. The summed E-state index contributed by atoms with van der Waals surface area (Å²) < 4.78 is 42.2. The number of carbonyl (C=O) groups is 3. The minimum absolute atomic E-state index is 0. The number of alkyl halides is 3. The van der Waals surface area contributed by atoms with Gasteiger partial charge in [0, 0.05) is 71.5 Å². The molecule has 0 fully saturated rings. The van der Waals surface area contributed by atoms with Crippen LogP contribution in [0.5, 0.6) is 0 Å². The number of rotatable bonds is 18. The molecule has 0 aliphatic rings. The number of anilines is 2. The van der Waals surface area contributed by atoms with Crippen LogP contribution >= 0.6 is 34.0 Å². The van der Waals surface area contributed by atoms with Gasteiger partial charge in [-0.2, -0.15) is 63.5 Å². The molecule has 22 nitrogen and oxygen atoms in total. The molecule has 0 saturated carbocycles. The maximum Gasteiger partial charge on any atom is 3.00 e. The summed E-state index contributed by atoms with van der Waals surface area (Å²) in [6, 6.07) is 34.5. The molecule has 9 aromatic heterocycles. The van der Waals surface area contributed by atoms with E-state index < -0.39 is 17.7 Å². The van der Waals surface area contributed by atoms with Gasteiger partial charge in [-0.15, -0.1) is 45.5 Å². The average Bonchev–Trinajstić information content (AvgIpc) is 1.43. The van der Waals surface area contributed by atoms with Crippen molar-refractivity contribution in [2.24, 2.45) is 0 Å². The Labute approximate surface area is 632 Å². The topological polar surface area (TPSA) is 275 Å². The molecule has 0 aliphatic heterocycles. The summed E-state index contributed by atoms with van der Waals surface area (Å²) in [5, 5.41) is 54.7. The van der Waals surface area contributed by atoms with E-state index in [1.54, 1.807) is 59.1 Å². The van der Waals surface area contributed by atoms with Gasteiger partial charge in [0.1, 0.15) is 0 Å². The summed E-state index contributed by atoms with van der Waals surface area (Å²) in [5.41, 5.74) is 11.7. The summed E-state index contributed by atoms with van der Waals surface area (Å²) in [6.45, 7) is 31.0. The monoisotopic (exact) mass is 1560 g/mol. The zero-order valence-corrected chi connectivity index (χ0v) is 61.9. The third-order valence-electron chi connectivity index (χ3n) is 14.0. The van der Waals surface area contributed by atoms with E-state index in [1.165, 1.54) is 60.0 Å². The van der Waals surface area contributed by atoms with Crippen molar-refractivity contribution in [3.8, 4) is 46.6 Å². The van der Waals surface area contributed by atoms with Crippen LogP contribution in [-0.2, 0) is 0 Å². The molecule has 11 aromatic rings. The van der Waals surface area contributed by atoms with Crippen LogP contribution in [0.1, 0.15) is 124 Å². The minimum Gasteiger partial charge on any atom is -0.876 e. The van der Waals surface area contributed by atoms with Gasteiger partial charge in [0.2, 0.25) is 0 Å². The number of aryl methyl sites for hydroxylation is 8. The number of aromatic nitrogens is 14. The van der Waals surface area contributed by atoms with E-state index in [0.717, 1.165) is 106 Å². The fraction of sp³-hybridized carbons (Fsp3) is 0.282. The van der Waals surface area contributed by atoms with E-state index in [0.29, 0.717) is 45.2 Å². The molecule has 29 heteroatoms. The Morgan fingerprint density at radius 3 is 0.900 bits per heavy atom. The van der Waals surface area contributed by atoms with Crippen LogP contribution in [0.4, 0.5) is 24.5 Å². The molecule has 0 radical (unpaired) electrons. The van der Waals surface area contributed by atoms with Gasteiger partial charge in [0.25, 0.3) is 23.8 Å². The van der Waals surface area contributed by atoms with E-state index >= 15 is 0 Å². The number of thiophene rings is 3. The third kappa shape index (κ3) is 22.8. The second-order valence-electron chi connectivity index (χ2n) is 21.9. The van der Waals surface area contributed by atoms with Gasteiger partial charge in [0.05, 0.1) is 37.4 Å². The van der Waals surface area contributed by atoms with E-state index in [4.69, 9.17) is 29.9 Å². The first kappa shape index (κ1) is 81.7. The quantitative estimate of drug-likeness (QED) is 0.0438. The Morgan fingerprint density at radius 2 is 0.700 bits per heavy atom. The van der Waals surface area contributed by atoms with Crippen LogP contribution in [0.2, 0.25) is 0 Å². The Kier molecular flexibility index (Phi) is 31.0. The average molecular weight is 1560 g/mol. The zero-order chi connectivity index (χ0) is 71.5. The molecule has 0 bridgehead atoms.